The van der Waals surface area contributed by atoms with Crippen LogP contribution in [0.4, 0.5) is 14.6 Å². The lowest BCUT2D eigenvalue weighted by molar-refractivity contribution is 0.144. The topological polar surface area (TPSA) is 119 Å². The van der Waals surface area contributed by atoms with Gasteiger partial charge in [-0.15, -0.1) is 0 Å². The summed E-state index contributed by atoms with van der Waals surface area (Å²) in [7, 11) is -3.49. The number of aromatic nitrogens is 5. The Kier molecular flexibility index (Phi) is 5.60. The van der Waals surface area contributed by atoms with Gasteiger partial charge in [-0.05, 0) is 37.3 Å². The molecule has 9 nitrogen and oxygen atoms in total. The fourth-order valence-electron chi connectivity index (χ4n) is 3.68. The van der Waals surface area contributed by atoms with Gasteiger partial charge >= 0.3 is 0 Å². The number of alkyl halides is 2. The van der Waals surface area contributed by atoms with Gasteiger partial charge in [-0.25, -0.2) is 41.8 Å². The minimum absolute atomic E-state index is 0.0412. The molecule has 1 aliphatic heterocycles. The highest BCUT2D eigenvalue weighted by Gasteiger charge is 2.23. The molecule has 2 N–H and O–H groups in total. The molecule has 4 heterocycles. The predicted octanol–water partition coefficient (Wildman–Crippen LogP) is 2.02. The number of anilines is 1. The largest absolute Gasteiger partial charge is 0.356 e. The fraction of sp³-hybridized carbons (Fsp3) is 0.444. The van der Waals surface area contributed by atoms with Gasteiger partial charge in [-0.1, -0.05) is 0 Å². The van der Waals surface area contributed by atoms with Gasteiger partial charge in [0.25, 0.3) is 6.43 Å². The fourth-order valence-corrected chi connectivity index (χ4v) is 4.34. The molecule has 160 valence electrons. The van der Waals surface area contributed by atoms with E-state index in [0.29, 0.717) is 35.8 Å². The maximum Gasteiger partial charge on any atom is 0.282 e. The minimum Gasteiger partial charge on any atom is -0.356 e. The van der Waals surface area contributed by atoms with Crippen molar-refractivity contribution in [2.45, 2.75) is 25.7 Å². The van der Waals surface area contributed by atoms with Crippen molar-refractivity contribution in [3.8, 4) is 11.4 Å². The SMILES string of the molecule is NS(=O)(=O)CCC1CCCN(c2cc(-c3cnc4ccc(C(F)F)nn34)ncn2)C1. The van der Waals surface area contributed by atoms with E-state index < -0.39 is 16.4 Å². The zero-order chi connectivity index (χ0) is 21.3. The Hall–Kier alpha value is -2.73. The molecule has 0 bridgehead atoms. The number of primary sulfonamides is 1. The summed E-state index contributed by atoms with van der Waals surface area (Å²) in [4.78, 5) is 14.9. The van der Waals surface area contributed by atoms with E-state index in [-0.39, 0.29) is 17.4 Å². The first-order chi connectivity index (χ1) is 14.3. The van der Waals surface area contributed by atoms with Crippen molar-refractivity contribution in [1.29, 1.82) is 0 Å². The number of nitrogens with two attached hydrogens (primary N) is 1. The first kappa shape index (κ1) is 20.5. The lowest BCUT2D eigenvalue weighted by Gasteiger charge is -2.33. The van der Waals surface area contributed by atoms with Gasteiger partial charge in [-0.2, -0.15) is 5.10 Å². The molecule has 30 heavy (non-hydrogen) atoms. The van der Waals surface area contributed by atoms with E-state index >= 15 is 0 Å². The Balaban J connectivity index is 1.59. The van der Waals surface area contributed by atoms with Crippen LogP contribution in [0, 0.1) is 5.92 Å². The molecule has 1 aliphatic rings. The molecular formula is C18H21F2N7O2S. The van der Waals surface area contributed by atoms with Gasteiger partial charge in [0.1, 0.15) is 23.5 Å². The second-order valence-electron chi connectivity index (χ2n) is 7.34. The third kappa shape index (κ3) is 4.54. The number of hydrogen-bond acceptors (Lipinski definition) is 7. The van der Waals surface area contributed by atoms with E-state index in [1.54, 1.807) is 6.07 Å². The Morgan fingerprint density at radius 3 is 2.83 bits per heavy atom. The Morgan fingerprint density at radius 2 is 2.07 bits per heavy atom. The average Bonchev–Trinajstić information content (AvgIpc) is 3.15. The normalized spacial score (nSPS) is 17.7. The van der Waals surface area contributed by atoms with E-state index in [1.807, 2.05) is 0 Å². The summed E-state index contributed by atoms with van der Waals surface area (Å²) in [5.74, 6) is 0.836. The highest BCUT2D eigenvalue weighted by Crippen LogP contribution is 2.27. The highest BCUT2D eigenvalue weighted by molar-refractivity contribution is 7.89. The molecule has 0 amide bonds. The zero-order valence-electron chi connectivity index (χ0n) is 16.0. The number of hydrogen-bond donors (Lipinski definition) is 1. The molecular weight excluding hydrogens is 416 g/mol. The van der Waals surface area contributed by atoms with Crippen molar-refractivity contribution >= 4 is 21.5 Å². The second kappa shape index (κ2) is 8.19. The molecule has 0 aliphatic carbocycles. The summed E-state index contributed by atoms with van der Waals surface area (Å²) < 4.78 is 49.9. The summed E-state index contributed by atoms with van der Waals surface area (Å²) in [5.41, 5.74) is 1.09. The summed E-state index contributed by atoms with van der Waals surface area (Å²) in [6, 6.07) is 4.50. The molecule has 0 aromatic carbocycles. The molecule has 1 atom stereocenters. The molecule has 1 unspecified atom stereocenters. The third-order valence-corrected chi connectivity index (χ3v) is 5.98. The van der Waals surface area contributed by atoms with Gasteiger partial charge in [-0.3, -0.25) is 0 Å². The molecule has 4 rings (SSSR count). The first-order valence-electron chi connectivity index (χ1n) is 9.51. The number of fused-ring (bicyclic) bond motifs is 1. The van der Waals surface area contributed by atoms with Crippen molar-refractivity contribution < 1.29 is 17.2 Å². The average molecular weight is 437 g/mol. The lowest BCUT2D eigenvalue weighted by Crippen LogP contribution is -2.37. The van der Waals surface area contributed by atoms with E-state index in [4.69, 9.17) is 5.14 Å². The third-order valence-electron chi connectivity index (χ3n) is 5.18. The maximum atomic E-state index is 13.0. The molecule has 3 aromatic rings. The van der Waals surface area contributed by atoms with Crippen LogP contribution in [-0.2, 0) is 10.0 Å². The van der Waals surface area contributed by atoms with Crippen molar-refractivity contribution in [3.05, 3.63) is 36.4 Å². The van der Waals surface area contributed by atoms with Crippen LogP contribution in [0.5, 0.6) is 0 Å². The Morgan fingerprint density at radius 1 is 1.23 bits per heavy atom. The number of rotatable bonds is 6. The Labute approximate surface area is 172 Å². The predicted molar refractivity (Wildman–Crippen MR) is 106 cm³/mol. The van der Waals surface area contributed by atoms with Gasteiger partial charge < -0.3 is 4.90 Å². The molecule has 12 heteroatoms. The van der Waals surface area contributed by atoms with Crippen LogP contribution in [0.1, 0.15) is 31.4 Å². The maximum absolute atomic E-state index is 13.0. The number of halogens is 2. The zero-order valence-corrected chi connectivity index (χ0v) is 16.8. The van der Waals surface area contributed by atoms with E-state index in [0.717, 1.165) is 19.4 Å². The monoisotopic (exact) mass is 437 g/mol. The van der Waals surface area contributed by atoms with Crippen molar-refractivity contribution in [2.75, 3.05) is 23.7 Å². The quantitative estimate of drug-likeness (QED) is 0.626. The number of piperidine rings is 1. The molecule has 3 aromatic heterocycles. The number of nitrogens with zero attached hydrogens (tertiary/aromatic N) is 6. The van der Waals surface area contributed by atoms with Gasteiger partial charge in [0.05, 0.1) is 17.6 Å². The minimum atomic E-state index is -3.49. The summed E-state index contributed by atoms with van der Waals surface area (Å²) in [5, 5.41) is 9.10. The molecule has 0 radical (unpaired) electrons. The van der Waals surface area contributed by atoms with E-state index in [1.165, 1.54) is 29.2 Å². The summed E-state index contributed by atoms with van der Waals surface area (Å²) in [6.45, 7) is 1.44. The van der Waals surface area contributed by atoms with Crippen LogP contribution in [0.3, 0.4) is 0 Å². The van der Waals surface area contributed by atoms with Crippen molar-refractivity contribution in [2.24, 2.45) is 11.1 Å². The van der Waals surface area contributed by atoms with E-state index in [9.17, 15) is 17.2 Å². The van der Waals surface area contributed by atoms with E-state index in [2.05, 4.69) is 25.0 Å². The smallest absolute Gasteiger partial charge is 0.282 e. The molecule has 1 fully saturated rings. The van der Waals surface area contributed by atoms with Crippen molar-refractivity contribution in [3.63, 3.8) is 0 Å². The standard InChI is InChI=1S/C18H21F2N7O2S/c19-18(20)13-3-4-16-22-9-15(27(16)25-13)14-8-17(24-11-23-14)26-6-1-2-12(10-26)5-7-30(21,28)29/h3-4,8-9,11-12,18H,1-2,5-7,10H2,(H2,21,28,29). The molecule has 0 saturated carbocycles. The first-order valence-corrected chi connectivity index (χ1v) is 11.2. The highest BCUT2D eigenvalue weighted by atomic mass is 32.2. The van der Waals surface area contributed by atoms with Gasteiger partial charge in [0.2, 0.25) is 10.0 Å². The number of sulfonamides is 1. The summed E-state index contributed by atoms with van der Waals surface area (Å²) >= 11 is 0. The second-order valence-corrected chi connectivity index (χ2v) is 9.08. The Bertz CT molecular complexity index is 1150. The van der Waals surface area contributed by atoms with Crippen molar-refractivity contribution in [1.82, 2.24) is 24.6 Å². The van der Waals surface area contributed by atoms with Crippen LogP contribution >= 0.6 is 0 Å². The summed E-state index contributed by atoms with van der Waals surface area (Å²) in [6.07, 6.45) is 2.60. The van der Waals surface area contributed by atoms with Gasteiger partial charge in [0.15, 0.2) is 5.65 Å². The van der Waals surface area contributed by atoms with Crippen LogP contribution in [-0.4, -0.2) is 51.8 Å². The van der Waals surface area contributed by atoms with Crippen LogP contribution in [0.2, 0.25) is 0 Å². The molecule has 1 saturated heterocycles. The molecule has 0 spiro atoms. The van der Waals surface area contributed by atoms with Crippen LogP contribution in [0.15, 0.2) is 30.7 Å². The number of imidazole rings is 1. The van der Waals surface area contributed by atoms with Crippen LogP contribution in [0.25, 0.3) is 17.0 Å². The van der Waals surface area contributed by atoms with Gasteiger partial charge in [0, 0.05) is 19.2 Å². The van der Waals surface area contributed by atoms with Crippen LogP contribution < -0.4 is 10.0 Å². The lowest BCUT2D eigenvalue weighted by atomic mass is 9.95.